The molecule has 5 heteroatoms. The highest BCUT2D eigenvalue weighted by molar-refractivity contribution is 5.84. The number of carbonyl (C=O) groups excluding carboxylic acids is 1. The Balaban J connectivity index is 1.57. The summed E-state index contributed by atoms with van der Waals surface area (Å²) in [7, 11) is 0. The molecule has 1 fully saturated rings. The van der Waals surface area contributed by atoms with Crippen LogP contribution in [0, 0.1) is 0 Å². The van der Waals surface area contributed by atoms with Crippen molar-refractivity contribution in [3.05, 3.63) is 59.7 Å². The highest BCUT2D eigenvalue weighted by Gasteiger charge is 2.17. The minimum absolute atomic E-state index is 0.0103. The van der Waals surface area contributed by atoms with E-state index in [4.69, 9.17) is 4.74 Å². The first-order valence-corrected chi connectivity index (χ1v) is 10.2. The van der Waals surface area contributed by atoms with Crippen LogP contribution in [0.5, 0.6) is 0 Å². The van der Waals surface area contributed by atoms with E-state index in [1.165, 1.54) is 5.56 Å². The summed E-state index contributed by atoms with van der Waals surface area (Å²) >= 11 is 0. The van der Waals surface area contributed by atoms with E-state index in [1.54, 1.807) is 0 Å². The molecule has 150 valence electrons. The molecule has 0 bridgehead atoms. The lowest BCUT2D eigenvalue weighted by molar-refractivity contribution is -0.122. The topological polar surface area (TPSA) is 53.6 Å². The first-order chi connectivity index (χ1) is 13.6. The third-order valence-electron chi connectivity index (χ3n) is 5.25. The molecule has 5 nitrogen and oxygen atoms in total. The van der Waals surface area contributed by atoms with Crippen LogP contribution in [0.4, 0.5) is 11.4 Å². The van der Waals surface area contributed by atoms with Gasteiger partial charge in [0.25, 0.3) is 0 Å². The number of ether oxygens (including phenoxy) is 1. The van der Waals surface area contributed by atoms with Gasteiger partial charge in [-0.2, -0.15) is 0 Å². The molecule has 1 saturated heterocycles. The lowest BCUT2D eigenvalue weighted by atomic mass is 10.0. The van der Waals surface area contributed by atoms with E-state index < -0.39 is 0 Å². The SMILES string of the molecule is CCc1ccc(C(C)NC(=O)C(C)Nc2cccc(N3CCOCC3)c2)cc1. The molecule has 3 rings (SSSR count). The van der Waals surface area contributed by atoms with Gasteiger partial charge in [-0.05, 0) is 49.6 Å². The standard InChI is InChI=1S/C23H31N3O2/c1-4-19-8-10-20(11-9-19)17(2)25-23(27)18(3)24-21-6-5-7-22(16-21)26-12-14-28-15-13-26/h5-11,16-18,24H,4,12-15H2,1-3H3,(H,25,27). The second-order valence-electron chi connectivity index (χ2n) is 7.34. The second-order valence-corrected chi connectivity index (χ2v) is 7.34. The Kier molecular flexibility index (Phi) is 6.93. The van der Waals surface area contributed by atoms with Gasteiger partial charge < -0.3 is 20.3 Å². The molecular formula is C23H31N3O2. The summed E-state index contributed by atoms with van der Waals surface area (Å²) in [5.74, 6) is -0.0103. The number of nitrogens with zero attached hydrogens (tertiary/aromatic N) is 1. The summed E-state index contributed by atoms with van der Waals surface area (Å²) in [6.45, 7) is 9.36. The lowest BCUT2D eigenvalue weighted by Crippen LogP contribution is -2.39. The monoisotopic (exact) mass is 381 g/mol. The third kappa shape index (κ3) is 5.26. The fourth-order valence-electron chi connectivity index (χ4n) is 3.39. The Morgan fingerprint density at radius 3 is 2.50 bits per heavy atom. The molecule has 28 heavy (non-hydrogen) atoms. The number of hydrogen-bond donors (Lipinski definition) is 2. The van der Waals surface area contributed by atoms with E-state index >= 15 is 0 Å². The van der Waals surface area contributed by atoms with Gasteiger partial charge in [0.15, 0.2) is 0 Å². The predicted molar refractivity (Wildman–Crippen MR) is 115 cm³/mol. The van der Waals surface area contributed by atoms with Crippen LogP contribution in [0.15, 0.2) is 48.5 Å². The molecule has 2 N–H and O–H groups in total. The Bertz CT molecular complexity index is 770. The fraction of sp³-hybridized carbons (Fsp3) is 0.435. The predicted octanol–water partition coefficient (Wildman–Crippen LogP) is 3.76. The Morgan fingerprint density at radius 1 is 1.11 bits per heavy atom. The molecule has 1 aliphatic heterocycles. The first-order valence-electron chi connectivity index (χ1n) is 10.2. The van der Waals surface area contributed by atoms with E-state index in [9.17, 15) is 4.79 Å². The van der Waals surface area contributed by atoms with Crippen LogP contribution in [0.1, 0.15) is 37.9 Å². The summed E-state index contributed by atoms with van der Waals surface area (Å²) in [5, 5.41) is 6.43. The molecule has 2 unspecified atom stereocenters. The number of benzene rings is 2. The van der Waals surface area contributed by atoms with Crippen molar-refractivity contribution in [3.63, 3.8) is 0 Å². The minimum atomic E-state index is -0.322. The van der Waals surface area contributed by atoms with Crippen LogP contribution in [0.3, 0.4) is 0 Å². The number of hydrogen-bond acceptors (Lipinski definition) is 4. The molecule has 1 amide bonds. The maximum atomic E-state index is 12.6. The molecule has 0 aromatic heterocycles. The van der Waals surface area contributed by atoms with Crippen LogP contribution in [-0.2, 0) is 16.0 Å². The number of carbonyl (C=O) groups is 1. The van der Waals surface area contributed by atoms with Gasteiger partial charge in [-0.3, -0.25) is 4.79 Å². The zero-order valence-corrected chi connectivity index (χ0v) is 17.1. The average molecular weight is 382 g/mol. The molecule has 1 heterocycles. The van der Waals surface area contributed by atoms with Crippen molar-refractivity contribution < 1.29 is 9.53 Å². The van der Waals surface area contributed by atoms with Crippen molar-refractivity contribution in [3.8, 4) is 0 Å². The third-order valence-corrected chi connectivity index (χ3v) is 5.25. The number of aryl methyl sites for hydroxylation is 1. The van der Waals surface area contributed by atoms with Gasteiger partial charge >= 0.3 is 0 Å². The van der Waals surface area contributed by atoms with Crippen molar-refractivity contribution in [2.75, 3.05) is 36.5 Å². The van der Waals surface area contributed by atoms with Crippen LogP contribution in [0.25, 0.3) is 0 Å². The molecule has 0 radical (unpaired) electrons. The van der Waals surface area contributed by atoms with Crippen molar-refractivity contribution in [1.82, 2.24) is 5.32 Å². The normalized spacial score (nSPS) is 16.3. The smallest absolute Gasteiger partial charge is 0.242 e. The van der Waals surface area contributed by atoms with Gasteiger partial charge in [0, 0.05) is 24.5 Å². The van der Waals surface area contributed by atoms with Gasteiger partial charge in [0.2, 0.25) is 5.91 Å². The largest absolute Gasteiger partial charge is 0.378 e. The quantitative estimate of drug-likeness (QED) is 0.767. The fourth-order valence-corrected chi connectivity index (χ4v) is 3.39. The first kappa shape index (κ1) is 20.2. The average Bonchev–Trinajstić information content (AvgIpc) is 2.74. The highest BCUT2D eigenvalue weighted by atomic mass is 16.5. The maximum absolute atomic E-state index is 12.6. The van der Waals surface area contributed by atoms with Gasteiger partial charge in [-0.1, -0.05) is 37.3 Å². The van der Waals surface area contributed by atoms with Crippen LogP contribution >= 0.6 is 0 Å². The minimum Gasteiger partial charge on any atom is -0.378 e. The molecular weight excluding hydrogens is 350 g/mol. The van der Waals surface area contributed by atoms with Crippen molar-refractivity contribution in [1.29, 1.82) is 0 Å². The Morgan fingerprint density at radius 2 is 1.82 bits per heavy atom. The zero-order chi connectivity index (χ0) is 19.9. The van der Waals surface area contributed by atoms with E-state index in [2.05, 4.69) is 58.9 Å². The van der Waals surface area contributed by atoms with Gasteiger partial charge in [0.05, 0.1) is 19.3 Å². The number of morpholine rings is 1. The maximum Gasteiger partial charge on any atom is 0.242 e. The van der Waals surface area contributed by atoms with Gasteiger partial charge in [-0.25, -0.2) is 0 Å². The Hall–Kier alpha value is -2.53. The van der Waals surface area contributed by atoms with Gasteiger partial charge in [0.1, 0.15) is 6.04 Å². The molecule has 2 atom stereocenters. The lowest BCUT2D eigenvalue weighted by Gasteiger charge is -2.29. The summed E-state index contributed by atoms with van der Waals surface area (Å²) in [4.78, 5) is 14.9. The Labute approximate surface area is 168 Å². The van der Waals surface area contributed by atoms with Crippen molar-refractivity contribution >= 4 is 17.3 Å². The van der Waals surface area contributed by atoms with Crippen LogP contribution in [0.2, 0.25) is 0 Å². The van der Waals surface area contributed by atoms with Crippen molar-refractivity contribution in [2.45, 2.75) is 39.3 Å². The molecule has 1 aliphatic rings. The van der Waals surface area contributed by atoms with Crippen molar-refractivity contribution in [2.24, 2.45) is 0 Å². The van der Waals surface area contributed by atoms with E-state index in [0.29, 0.717) is 0 Å². The van der Waals surface area contributed by atoms with E-state index in [-0.39, 0.29) is 18.0 Å². The summed E-state index contributed by atoms with van der Waals surface area (Å²) in [6.07, 6.45) is 1.02. The summed E-state index contributed by atoms with van der Waals surface area (Å²) in [5.41, 5.74) is 4.53. The van der Waals surface area contributed by atoms with Crippen LogP contribution < -0.4 is 15.5 Å². The number of rotatable bonds is 7. The molecule has 2 aromatic rings. The molecule has 2 aromatic carbocycles. The van der Waals surface area contributed by atoms with Crippen LogP contribution in [-0.4, -0.2) is 38.3 Å². The summed E-state index contributed by atoms with van der Waals surface area (Å²) in [6, 6.07) is 16.3. The summed E-state index contributed by atoms with van der Waals surface area (Å²) < 4.78 is 5.42. The van der Waals surface area contributed by atoms with E-state index in [0.717, 1.165) is 49.7 Å². The highest BCUT2D eigenvalue weighted by Crippen LogP contribution is 2.21. The molecule has 0 aliphatic carbocycles. The number of anilines is 2. The van der Waals surface area contributed by atoms with E-state index in [1.807, 2.05) is 26.0 Å². The second kappa shape index (κ2) is 9.60. The number of nitrogens with one attached hydrogen (secondary N) is 2. The zero-order valence-electron chi connectivity index (χ0n) is 17.1. The molecule has 0 spiro atoms. The number of amides is 1. The molecule has 0 saturated carbocycles. The van der Waals surface area contributed by atoms with Gasteiger partial charge in [-0.15, -0.1) is 0 Å².